The molecule has 184 valence electrons. The maximum Gasteiger partial charge on any atom is 0.273 e. The van der Waals surface area contributed by atoms with Gasteiger partial charge in [-0.2, -0.15) is 0 Å². The summed E-state index contributed by atoms with van der Waals surface area (Å²) in [6.45, 7) is 0.894. The Balaban J connectivity index is 1.42. The number of benzene rings is 2. The predicted molar refractivity (Wildman–Crippen MR) is 127 cm³/mol. The quantitative estimate of drug-likeness (QED) is 0.448. The van der Waals surface area contributed by atoms with Crippen LogP contribution in [0.4, 0.5) is 0 Å². The van der Waals surface area contributed by atoms with Crippen molar-refractivity contribution in [2.45, 2.75) is 32.5 Å². The Morgan fingerprint density at radius 3 is 2.17 bits per heavy atom. The molecule has 9 nitrogen and oxygen atoms in total. The van der Waals surface area contributed by atoms with Crippen LogP contribution in [0.15, 0.2) is 53.1 Å². The summed E-state index contributed by atoms with van der Waals surface area (Å²) in [5.41, 5.74) is 1.96. The maximum atomic E-state index is 13.0. The third kappa shape index (κ3) is 6.32. The molecule has 0 unspecified atom stereocenters. The third-order valence-electron chi connectivity index (χ3n) is 5.77. The molecule has 3 aromatic rings. The molecule has 1 N–H and O–H groups in total. The summed E-state index contributed by atoms with van der Waals surface area (Å²) >= 11 is 0. The van der Waals surface area contributed by atoms with E-state index in [1.54, 1.807) is 38.4 Å². The molecule has 0 radical (unpaired) electrons. The van der Waals surface area contributed by atoms with Crippen molar-refractivity contribution < 1.29 is 28.3 Å². The molecule has 4 rings (SSSR count). The van der Waals surface area contributed by atoms with Crippen LogP contribution in [-0.4, -0.2) is 43.2 Å². The highest BCUT2D eigenvalue weighted by Crippen LogP contribution is 2.33. The number of hydrogen-bond acceptors (Lipinski definition) is 7. The van der Waals surface area contributed by atoms with Crippen molar-refractivity contribution in [3.8, 4) is 17.2 Å². The van der Waals surface area contributed by atoms with Gasteiger partial charge in [0.15, 0.2) is 11.5 Å². The molecule has 1 aromatic heterocycles. The molecule has 0 saturated heterocycles. The number of nitrogens with zero attached hydrogens (tertiary/aromatic N) is 2. The lowest BCUT2D eigenvalue weighted by molar-refractivity contribution is -0.134. The minimum atomic E-state index is -0.353. The van der Waals surface area contributed by atoms with Gasteiger partial charge in [0.05, 0.1) is 27.9 Å². The van der Waals surface area contributed by atoms with Gasteiger partial charge < -0.3 is 29.0 Å². The molecule has 2 amide bonds. The van der Waals surface area contributed by atoms with Gasteiger partial charge in [0.25, 0.3) is 5.91 Å². The van der Waals surface area contributed by atoms with E-state index in [2.05, 4.69) is 10.5 Å². The van der Waals surface area contributed by atoms with Crippen LogP contribution in [0, 0.1) is 5.92 Å². The van der Waals surface area contributed by atoms with Crippen molar-refractivity contribution in [1.29, 1.82) is 0 Å². The lowest BCUT2D eigenvalue weighted by Crippen LogP contribution is -2.31. The SMILES string of the molecule is COc1ccc(CNC(=O)c2cc(CN(Cc3cc(OC)cc(OC)c3)C(=O)C3CC3)on2)cc1. The van der Waals surface area contributed by atoms with Crippen LogP contribution in [-0.2, 0) is 24.4 Å². The first kappa shape index (κ1) is 24.1. The third-order valence-corrected chi connectivity index (χ3v) is 5.77. The summed E-state index contributed by atoms with van der Waals surface area (Å²) < 4.78 is 21.3. The Bertz CT molecular complexity index is 1150. The molecule has 2 aromatic carbocycles. The van der Waals surface area contributed by atoms with Crippen molar-refractivity contribution in [2.24, 2.45) is 5.92 Å². The van der Waals surface area contributed by atoms with E-state index in [4.69, 9.17) is 18.7 Å². The zero-order valence-corrected chi connectivity index (χ0v) is 20.1. The number of rotatable bonds is 11. The summed E-state index contributed by atoms with van der Waals surface area (Å²) in [7, 11) is 4.77. The molecule has 0 bridgehead atoms. The van der Waals surface area contributed by atoms with E-state index < -0.39 is 0 Å². The summed E-state index contributed by atoms with van der Waals surface area (Å²) in [6, 6.07) is 14.5. The lowest BCUT2D eigenvalue weighted by Gasteiger charge is -2.22. The fourth-order valence-corrected chi connectivity index (χ4v) is 3.68. The van der Waals surface area contributed by atoms with Gasteiger partial charge in [0, 0.05) is 31.1 Å². The summed E-state index contributed by atoms with van der Waals surface area (Å²) in [5.74, 6) is 2.20. The number of ether oxygens (including phenoxy) is 3. The highest BCUT2D eigenvalue weighted by atomic mass is 16.5. The highest BCUT2D eigenvalue weighted by Gasteiger charge is 2.34. The predicted octanol–water partition coefficient (Wildman–Crippen LogP) is 3.57. The number of aromatic nitrogens is 1. The Morgan fingerprint density at radius 1 is 0.914 bits per heavy atom. The molecular weight excluding hydrogens is 450 g/mol. The fourth-order valence-electron chi connectivity index (χ4n) is 3.68. The van der Waals surface area contributed by atoms with Gasteiger partial charge in [-0.3, -0.25) is 9.59 Å². The Labute approximate surface area is 203 Å². The second kappa shape index (κ2) is 10.9. The average molecular weight is 480 g/mol. The molecule has 0 spiro atoms. The Hall–Kier alpha value is -4.01. The van der Waals surface area contributed by atoms with E-state index in [-0.39, 0.29) is 30.0 Å². The Morgan fingerprint density at radius 2 is 1.57 bits per heavy atom. The van der Waals surface area contributed by atoms with E-state index >= 15 is 0 Å². The fraction of sp³-hybridized carbons (Fsp3) is 0.346. The van der Waals surface area contributed by atoms with E-state index in [0.29, 0.717) is 30.3 Å². The van der Waals surface area contributed by atoms with Crippen molar-refractivity contribution in [3.63, 3.8) is 0 Å². The van der Waals surface area contributed by atoms with Gasteiger partial charge in [-0.1, -0.05) is 17.3 Å². The first-order chi connectivity index (χ1) is 17.0. The monoisotopic (exact) mass is 479 g/mol. The molecule has 1 heterocycles. The van der Waals surface area contributed by atoms with E-state index in [9.17, 15) is 9.59 Å². The molecule has 9 heteroatoms. The number of methoxy groups -OCH3 is 3. The molecule has 0 atom stereocenters. The largest absolute Gasteiger partial charge is 0.497 e. The summed E-state index contributed by atoms with van der Waals surface area (Å²) in [5, 5.41) is 6.73. The number of amides is 2. The van der Waals surface area contributed by atoms with E-state index in [1.807, 2.05) is 36.4 Å². The first-order valence-corrected chi connectivity index (χ1v) is 11.4. The van der Waals surface area contributed by atoms with E-state index in [1.165, 1.54) is 0 Å². The number of carbonyl (C=O) groups excluding carboxylic acids is 2. The molecule has 1 aliphatic carbocycles. The highest BCUT2D eigenvalue weighted by molar-refractivity contribution is 5.92. The second-order valence-corrected chi connectivity index (χ2v) is 8.40. The van der Waals surface area contributed by atoms with Crippen LogP contribution in [0.5, 0.6) is 17.2 Å². The topological polar surface area (TPSA) is 103 Å². The van der Waals surface area contributed by atoms with Gasteiger partial charge in [-0.15, -0.1) is 0 Å². The first-order valence-electron chi connectivity index (χ1n) is 11.4. The molecular formula is C26H29N3O6. The van der Waals surface area contributed by atoms with Gasteiger partial charge in [0.1, 0.15) is 17.2 Å². The maximum absolute atomic E-state index is 13.0. The molecule has 0 aliphatic heterocycles. The van der Waals surface area contributed by atoms with Crippen molar-refractivity contribution in [3.05, 3.63) is 71.1 Å². The number of nitrogens with one attached hydrogen (secondary N) is 1. The molecule has 35 heavy (non-hydrogen) atoms. The normalized spacial score (nSPS) is 12.7. The van der Waals surface area contributed by atoms with Gasteiger partial charge >= 0.3 is 0 Å². The van der Waals surface area contributed by atoms with Gasteiger partial charge in [-0.25, -0.2) is 0 Å². The van der Waals surface area contributed by atoms with Crippen LogP contribution < -0.4 is 19.5 Å². The summed E-state index contributed by atoms with van der Waals surface area (Å²) in [6.07, 6.45) is 1.76. The van der Waals surface area contributed by atoms with Crippen LogP contribution in [0.25, 0.3) is 0 Å². The number of hydrogen-bond donors (Lipinski definition) is 1. The van der Waals surface area contributed by atoms with Crippen molar-refractivity contribution in [1.82, 2.24) is 15.4 Å². The van der Waals surface area contributed by atoms with E-state index in [0.717, 1.165) is 29.7 Å². The van der Waals surface area contributed by atoms with Crippen molar-refractivity contribution in [2.75, 3.05) is 21.3 Å². The van der Waals surface area contributed by atoms with Crippen LogP contribution in [0.3, 0.4) is 0 Å². The molecule has 1 aliphatic rings. The van der Waals surface area contributed by atoms with Gasteiger partial charge in [-0.05, 0) is 48.2 Å². The molecule has 1 saturated carbocycles. The Kier molecular flexibility index (Phi) is 7.54. The average Bonchev–Trinajstić information content (AvgIpc) is 3.64. The van der Waals surface area contributed by atoms with Gasteiger partial charge in [0.2, 0.25) is 5.91 Å². The van der Waals surface area contributed by atoms with Crippen LogP contribution in [0.1, 0.15) is 40.2 Å². The number of carbonyl (C=O) groups is 2. The van der Waals surface area contributed by atoms with Crippen molar-refractivity contribution >= 4 is 11.8 Å². The summed E-state index contributed by atoms with van der Waals surface area (Å²) in [4.78, 5) is 27.3. The van der Waals surface area contributed by atoms with Crippen LogP contribution >= 0.6 is 0 Å². The molecule has 1 fully saturated rings. The lowest BCUT2D eigenvalue weighted by atomic mass is 10.1. The second-order valence-electron chi connectivity index (χ2n) is 8.40. The smallest absolute Gasteiger partial charge is 0.273 e. The minimum Gasteiger partial charge on any atom is -0.497 e. The standard InChI is InChI=1S/C26H29N3O6/c1-32-20-8-4-17(5-9-20)14-27-25(30)24-13-23(35-28-24)16-29(26(31)19-6-7-19)15-18-10-21(33-2)12-22(11-18)34-3/h4-5,8-13,19H,6-7,14-16H2,1-3H3,(H,27,30). The minimum absolute atomic E-state index is 0.0256. The zero-order chi connectivity index (χ0) is 24.8. The van der Waals surface area contributed by atoms with Crippen LogP contribution in [0.2, 0.25) is 0 Å². The zero-order valence-electron chi connectivity index (χ0n) is 20.1.